The lowest BCUT2D eigenvalue weighted by Gasteiger charge is -2.18. The van der Waals surface area contributed by atoms with Crippen molar-refractivity contribution in [1.82, 2.24) is 5.32 Å². The number of anilines is 1. The van der Waals surface area contributed by atoms with Crippen LogP contribution >= 0.6 is 0 Å². The summed E-state index contributed by atoms with van der Waals surface area (Å²) in [4.78, 5) is 11.6. The number of halogens is 1. The van der Waals surface area contributed by atoms with Crippen LogP contribution in [0.5, 0.6) is 0 Å². The maximum absolute atomic E-state index is 13.0. The van der Waals surface area contributed by atoms with Crippen molar-refractivity contribution >= 4 is 11.8 Å². The number of rotatable bonds is 5. The molecule has 1 amide bonds. The molecule has 0 bridgehead atoms. The third-order valence-corrected chi connectivity index (χ3v) is 3.82. The average Bonchev–Trinajstić information content (AvgIpc) is 2.86. The van der Waals surface area contributed by atoms with Gasteiger partial charge in [0.1, 0.15) is 5.82 Å². The Labute approximate surface area is 118 Å². The second kappa shape index (κ2) is 7.24. The summed E-state index contributed by atoms with van der Waals surface area (Å²) in [5, 5.41) is 5.82. The highest BCUT2D eigenvalue weighted by Crippen LogP contribution is 2.28. The molecule has 1 fully saturated rings. The van der Waals surface area contributed by atoms with Gasteiger partial charge in [0.05, 0.1) is 6.61 Å². The fraction of sp³-hybridized carbons (Fsp3) is 0.533. The van der Waals surface area contributed by atoms with Gasteiger partial charge in [-0.2, -0.15) is 0 Å². The Kier molecular flexibility index (Phi) is 5.35. The molecule has 110 valence electrons. The zero-order chi connectivity index (χ0) is 14.4. The van der Waals surface area contributed by atoms with E-state index in [1.165, 1.54) is 31.4 Å². The Morgan fingerprint density at radius 2 is 2.30 bits per heavy atom. The van der Waals surface area contributed by atoms with Gasteiger partial charge in [0.2, 0.25) is 0 Å². The Morgan fingerprint density at radius 1 is 1.45 bits per heavy atom. The van der Waals surface area contributed by atoms with Crippen molar-refractivity contribution in [1.29, 1.82) is 0 Å². The normalized spacial score (nSPS) is 21.7. The van der Waals surface area contributed by atoms with Gasteiger partial charge in [-0.05, 0) is 50.4 Å². The third kappa shape index (κ3) is 4.20. The van der Waals surface area contributed by atoms with Crippen LogP contribution in [0.1, 0.15) is 25.7 Å². The first-order valence-corrected chi connectivity index (χ1v) is 7.05. The topological polar surface area (TPSA) is 50.4 Å². The van der Waals surface area contributed by atoms with Crippen LogP contribution in [0.2, 0.25) is 0 Å². The first-order chi connectivity index (χ1) is 9.69. The smallest absolute Gasteiger partial charge is 0.411 e. The number of carbonyl (C=O) groups excluding carboxylic acids is 1. The first-order valence-electron chi connectivity index (χ1n) is 7.05. The van der Waals surface area contributed by atoms with E-state index in [9.17, 15) is 9.18 Å². The second-order valence-electron chi connectivity index (χ2n) is 5.15. The Morgan fingerprint density at radius 3 is 3.05 bits per heavy atom. The number of amides is 1. The van der Waals surface area contributed by atoms with Crippen molar-refractivity contribution in [2.75, 3.05) is 19.0 Å². The summed E-state index contributed by atoms with van der Waals surface area (Å²) in [7, 11) is 1.97. The molecule has 0 spiro atoms. The lowest BCUT2D eigenvalue weighted by Crippen LogP contribution is -2.30. The number of benzene rings is 1. The molecule has 5 heteroatoms. The summed E-state index contributed by atoms with van der Waals surface area (Å²) in [6.07, 6.45) is 3.93. The molecule has 1 saturated carbocycles. The summed E-state index contributed by atoms with van der Waals surface area (Å²) in [5.74, 6) is 0.188. The molecule has 1 aromatic rings. The number of ether oxygens (including phenoxy) is 1. The van der Waals surface area contributed by atoms with E-state index >= 15 is 0 Å². The van der Waals surface area contributed by atoms with Gasteiger partial charge < -0.3 is 10.1 Å². The zero-order valence-electron chi connectivity index (χ0n) is 11.7. The number of hydrogen-bond donors (Lipinski definition) is 2. The van der Waals surface area contributed by atoms with E-state index in [-0.39, 0.29) is 5.82 Å². The number of nitrogens with one attached hydrogen (secondary N) is 2. The van der Waals surface area contributed by atoms with Gasteiger partial charge in [-0.15, -0.1) is 0 Å². The summed E-state index contributed by atoms with van der Waals surface area (Å²) >= 11 is 0. The molecule has 1 aromatic carbocycles. The van der Waals surface area contributed by atoms with Crippen LogP contribution in [0, 0.1) is 11.7 Å². The summed E-state index contributed by atoms with van der Waals surface area (Å²) in [6.45, 7) is 0.393. The van der Waals surface area contributed by atoms with E-state index in [1.807, 2.05) is 7.05 Å². The molecule has 2 rings (SSSR count). The molecule has 20 heavy (non-hydrogen) atoms. The molecule has 2 N–H and O–H groups in total. The largest absolute Gasteiger partial charge is 0.449 e. The highest BCUT2D eigenvalue weighted by atomic mass is 19.1. The van der Waals surface area contributed by atoms with E-state index < -0.39 is 6.09 Å². The highest BCUT2D eigenvalue weighted by molar-refractivity contribution is 5.84. The van der Waals surface area contributed by atoms with Gasteiger partial charge in [0.15, 0.2) is 0 Å². The standard InChI is InChI=1S/C15H21FN2O2/c1-17-14-7-2-4-11(14)8-9-20-15(19)18-13-6-3-5-12(16)10-13/h3,5-6,10-11,14,17H,2,4,7-9H2,1H3,(H,18,19). The van der Waals surface area contributed by atoms with Gasteiger partial charge in [0.25, 0.3) is 0 Å². The van der Waals surface area contributed by atoms with E-state index in [0.29, 0.717) is 24.3 Å². The maximum atomic E-state index is 13.0. The number of carbonyl (C=O) groups is 1. The molecular formula is C15H21FN2O2. The van der Waals surface area contributed by atoms with Crippen molar-refractivity contribution in [2.45, 2.75) is 31.7 Å². The van der Waals surface area contributed by atoms with Crippen LogP contribution < -0.4 is 10.6 Å². The van der Waals surface area contributed by atoms with Crippen molar-refractivity contribution in [3.63, 3.8) is 0 Å². The Bertz CT molecular complexity index is 453. The van der Waals surface area contributed by atoms with Crippen molar-refractivity contribution in [3.8, 4) is 0 Å². The molecule has 1 aliphatic rings. The molecular weight excluding hydrogens is 259 g/mol. The molecule has 4 nitrogen and oxygen atoms in total. The molecule has 2 atom stereocenters. The minimum absolute atomic E-state index is 0.384. The molecule has 0 aromatic heterocycles. The molecule has 2 unspecified atom stereocenters. The van der Waals surface area contributed by atoms with Crippen LogP contribution in [0.25, 0.3) is 0 Å². The summed E-state index contributed by atoms with van der Waals surface area (Å²) in [6, 6.07) is 6.29. The quantitative estimate of drug-likeness (QED) is 0.871. The molecule has 0 heterocycles. The van der Waals surface area contributed by atoms with Gasteiger partial charge in [-0.25, -0.2) is 9.18 Å². The van der Waals surface area contributed by atoms with Gasteiger partial charge in [-0.1, -0.05) is 12.5 Å². The van der Waals surface area contributed by atoms with Gasteiger partial charge in [0, 0.05) is 11.7 Å². The lowest BCUT2D eigenvalue weighted by molar-refractivity contribution is 0.151. The summed E-state index contributed by atoms with van der Waals surface area (Å²) < 4.78 is 18.1. The fourth-order valence-electron chi connectivity index (χ4n) is 2.79. The van der Waals surface area contributed by atoms with Crippen molar-refractivity contribution in [3.05, 3.63) is 30.1 Å². The molecule has 0 aliphatic heterocycles. The SMILES string of the molecule is CNC1CCCC1CCOC(=O)Nc1cccc(F)c1. The van der Waals surface area contributed by atoms with Crippen molar-refractivity contribution in [2.24, 2.45) is 5.92 Å². The minimum atomic E-state index is -0.533. The first kappa shape index (κ1) is 14.8. The Balaban J connectivity index is 1.70. The maximum Gasteiger partial charge on any atom is 0.411 e. The molecule has 1 aliphatic carbocycles. The Hall–Kier alpha value is -1.62. The highest BCUT2D eigenvalue weighted by Gasteiger charge is 2.25. The second-order valence-corrected chi connectivity index (χ2v) is 5.15. The van der Waals surface area contributed by atoms with E-state index in [2.05, 4.69) is 10.6 Å². The zero-order valence-corrected chi connectivity index (χ0v) is 11.7. The lowest BCUT2D eigenvalue weighted by atomic mass is 10.0. The number of hydrogen-bond acceptors (Lipinski definition) is 3. The van der Waals surface area contributed by atoms with Gasteiger partial charge >= 0.3 is 6.09 Å². The van der Waals surface area contributed by atoms with Crippen LogP contribution in [0.4, 0.5) is 14.9 Å². The van der Waals surface area contributed by atoms with E-state index in [4.69, 9.17) is 4.74 Å². The van der Waals surface area contributed by atoms with E-state index in [1.54, 1.807) is 12.1 Å². The van der Waals surface area contributed by atoms with Gasteiger partial charge in [-0.3, -0.25) is 5.32 Å². The van der Waals surface area contributed by atoms with Crippen LogP contribution in [0.3, 0.4) is 0 Å². The molecule has 0 radical (unpaired) electrons. The predicted molar refractivity (Wildman–Crippen MR) is 76.2 cm³/mol. The van der Waals surface area contributed by atoms with Crippen molar-refractivity contribution < 1.29 is 13.9 Å². The van der Waals surface area contributed by atoms with E-state index in [0.717, 1.165) is 6.42 Å². The fourth-order valence-corrected chi connectivity index (χ4v) is 2.79. The molecule has 0 saturated heterocycles. The third-order valence-electron chi connectivity index (χ3n) is 3.82. The van der Waals surface area contributed by atoms with Crippen LogP contribution in [-0.4, -0.2) is 25.8 Å². The van der Waals surface area contributed by atoms with Crippen LogP contribution in [-0.2, 0) is 4.74 Å². The average molecular weight is 280 g/mol. The monoisotopic (exact) mass is 280 g/mol. The minimum Gasteiger partial charge on any atom is -0.449 e. The summed E-state index contributed by atoms with van der Waals surface area (Å²) in [5.41, 5.74) is 0.406. The van der Waals surface area contributed by atoms with Crippen LogP contribution in [0.15, 0.2) is 24.3 Å². The predicted octanol–water partition coefficient (Wildman–Crippen LogP) is 3.15.